The largest absolute Gasteiger partial charge is 0.477 e. The molecule has 0 saturated carbocycles. The van der Waals surface area contributed by atoms with Crippen molar-refractivity contribution in [1.29, 1.82) is 0 Å². The number of aryl methyl sites for hydroxylation is 1. The third-order valence-corrected chi connectivity index (χ3v) is 3.92. The highest BCUT2D eigenvalue weighted by Crippen LogP contribution is 2.20. The maximum atomic E-state index is 12.1. The summed E-state index contributed by atoms with van der Waals surface area (Å²) < 4.78 is 12.4. The fourth-order valence-corrected chi connectivity index (χ4v) is 2.77. The van der Waals surface area contributed by atoms with Crippen molar-refractivity contribution in [3.05, 3.63) is 58.4 Å². The first-order chi connectivity index (χ1) is 12.5. The molecule has 26 heavy (non-hydrogen) atoms. The van der Waals surface area contributed by atoms with Crippen molar-refractivity contribution in [1.82, 2.24) is 14.9 Å². The number of imidazole rings is 1. The van der Waals surface area contributed by atoms with Gasteiger partial charge in [0.1, 0.15) is 17.8 Å². The lowest BCUT2D eigenvalue weighted by molar-refractivity contribution is -0.123. The zero-order valence-corrected chi connectivity index (χ0v) is 15.0. The van der Waals surface area contributed by atoms with Crippen LogP contribution in [-0.4, -0.2) is 22.1 Å². The van der Waals surface area contributed by atoms with Crippen molar-refractivity contribution in [3.8, 4) is 5.75 Å². The number of nitrogens with one attached hydrogen (secondary N) is 1. The molecule has 0 atom stereocenters. The summed E-state index contributed by atoms with van der Waals surface area (Å²) in [5.74, 6) is 0.927. The number of benzene rings is 1. The van der Waals surface area contributed by atoms with E-state index in [4.69, 9.17) is 9.15 Å². The van der Waals surface area contributed by atoms with Crippen molar-refractivity contribution in [2.24, 2.45) is 0 Å². The number of ether oxygens (including phenoxy) is 1. The molecule has 136 valence electrons. The van der Waals surface area contributed by atoms with E-state index in [1.807, 2.05) is 24.3 Å². The van der Waals surface area contributed by atoms with Gasteiger partial charge in [-0.15, -0.1) is 0 Å². The van der Waals surface area contributed by atoms with Gasteiger partial charge in [0.25, 0.3) is 5.91 Å². The first kappa shape index (κ1) is 17.7. The molecule has 7 nitrogen and oxygen atoms in total. The number of aromatic nitrogens is 2. The Hall–Kier alpha value is -3.09. The number of rotatable bonds is 6. The third-order valence-electron chi connectivity index (χ3n) is 3.92. The zero-order valence-electron chi connectivity index (χ0n) is 15.0. The lowest BCUT2D eigenvalue weighted by Gasteiger charge is -2.13. The molecule has 2 aromatic heterocycles. The van der Waals surface area contributed by atoms with Crippen LogP contribution in [0.4, 0.5) is 0 Å². The molecule has 3 aromatic rings. The van der Waals surface area contributed by atoms with E-state index in [2.05, 4.69) is 28.7 Å². The maximum Gasteiger partial charge on any atom is 0.258 e. The van der Waals surface area contributed by atoms with Gasteiger partial charge in [-0.1, -0.05) is 12.1 Å². The van der Waals surface area contributed by atoms with Crippen LogP contribution in [-0.2, 0) is 11.3 Å². The maximum absolute atomic E-state index is 12.1. The lowest BCUT2D eigenvalue weighted by Crippen LogP contribution is -2.30. The highest BCUT2D eigenvalue weighted by Gasteiger charge is 2.14. The van der Waals surface area contributed by atoms with E-state index in [0.29, 0.717) is 5.76 Å². The average molecular weight is 355 g/mol. The molecule has 0 spiro atoms. The Morgan fingerprint density at radius 3 is 2.85 bits per heavy atom. The normalized spacial score (nSPS) is 11.1. The van der Waals surface area contributed by atoms with Gasteiger partial charge in [0.15, 0.2) is 6.61 Å². The summed E-state index contributed by atoms with van der Waals surface area (Å²) in [6.45, 7) is 5.81. The number of fused-ring (bicyclic) bond motifs is 1. The fraction of sp³-hybridized carbons (Fsp3) is 0.316. The molecular formula is C19H21N3O4. The van der Waals surface area contributed by atoms with Crippen LogP contribution in [0.1, 0.15) is 31.5 Å². The molecule has 3 rings (SSSR count). The Labute approximate surface area is 150 Å². The number of carbonyl (C=O) groups excluding carboxylic acids is 1. The quantitative estimate of drug-likeness (QED) is 0.734. The standard InChI is InChI=1S/C19H21N3O4/c1-12(2)22-15-7-5-4-6-14(15)21-18(22)9-20-19(24)11-26-17-10-25-13(3)8-16(17)23/h4-8,10,12H,9,11H2,1-3H3,(H,20,24). The van der Waals surface area contributed by atoms with Crippen molar-refractivity contribution in [3.63, 3.8) is 0 Å². The van der Waals surface area contributed by atoms with Gasteiger partial charge in [0, 0.05) is 12.1 Å². The van der Waals surface area contributed by atoms with Gasteiger partial charge in [-0.3, -0.25) is 9.59 Å². The van der Waals surface area contributed by atoms with Gasteiger partial charge < -0.3 is 19.0 Å². The van der Waals surface area contributed by atoms with Crippen molar-refractivity contribution in [2.75, 3.05) is 6.61 Å². The number of amides is 1. The fourth-order valence-electron chi connectivity index (χ4n) is 2.77. The summed E-state index contributed by atoms with van der Waals surface area (Å²) in [5.41, 5.74) is 1.60. The van der Waals surface area contributed by atoms with E-state index in [0.717, 1.165) is 16.9 Å². The van der Waals surface area contributed by atoms with E-state index in [1.54, 1.807) is 6.92 Å². The number of hydrogen-bond acceptors (Lipinski definition) is 5. The molecule has 0 bridgehead atoms. The highest BCUT2D eigenvalue weighted by atomic mass is 16.5. The Kier molecular flexibility index (Phi) is 5.06. The Balaban J connectivity index is 1.65. The molecule has 1 aromatic carbocycles. The van der Waals surface area contributed by atoms with Crippen molar-refractivity contribution < 1.29 is 13.9 Å². The summed E-state index contributed by atoms with van der Waals surface area (Å²) in [6.07, 6.45) is 1.21. The van der Waals surface area contributed by atoms with Gasteiger partial charge in [-0.2, -0.15) is 0 Å². The van der Waals surface area contributed by atoms with Gasteiger partial charge >= 0.3 is 0 Å². The summed E-state index contributed by atoms with van der Waals surface area (Å²) in [6, 6.07) is 9.38. The lowest BCUT2D eigenvalue weighted by atomic mass is 10.3. The molecule has 1 N–H and O–H groups in total. The summed E-state index contributed by atoms with van der Waals surface area (Å²) in [5, 5.41) is 2.78. The van der Waals surface area contributed by atoms with E-state index in [-0.39, 0.29) is 36.3 Å². The molecule has 0 aliphatic heterocycles. The number of hydrogen-bond donors (Lipinski definition) is 1. The summed E-state index contributed by atoms with van der Waals surface area (Å²) in [7, 11) is 0. The number of nitrogens with zero attached hydrogens (tertiary/aromatic N) is 2. The summed E-state index contributed by atoms with van der Waals surface area (Å²) >= 11 is 0. The molecule has 0 aliphatic carbocycles. The average Bonchev–Trinajstić information content (AvgIpc) is 2.97. The Bertz CT molecular complexity index is 988. The van der Waals surface area contributed by atoms with Crippen LogP contribution >= 0.6 is 0 Å². The smallest absolute Gasteiger partial charge is 0.258 e. The van der Waals surface area contributed by atoms with Crippen molar-refractivity contribution >= 4 is 16.9 Å². The van der Waals surface area contributed by atoms with Gasteiger partial charge in [0.05, 0.1) is 17.6 Å². The minimum atomic E-state index is -0.340. The molecule has 2 heterocycles. The van der Waals surface area contributed by atoms with E-state index < -0.39 is 0 Å². The van der Waals surface area contributed by atoms with E-state index >= 15 is 0 Å². The third kappa shape index (κ3) is 3.77. The minimum absolute atomic E-state index is 0.0140. The second-order valence-corrected chi connectivity index (χ2v) is 6.27. The van der Waals surface area contributed by atoms with Gasteiger partial charge in [-0.25, -0.2) is 4.98 Å². The summed E-state index contributed by atoms with van der Waals surface area (Å²) in [4.78, 5) is 28.4. The highest BCUT2D eigenvalue weighted by molar-refractivity contribution is 5.78. The van der Waals surface area contributed by atoms with E-state index in [1.165, 1.54) is 12.3 Å². The Morgan fingerprint density at radius 2 is 2.12 bits per heavy atom. The SMILES string of the molecule is Cc1cc(=O)c(OCC(=O)NCc2nc3ccccc3n2C(C)C)co1. The van der Waals surface area contributed by atoms with Crippen LogP contribution in [0.25, 0.3) is 11.0 Å². The molecule has 7 heteroatoms. The second-order valence-electron chi connectivity index (χ2n) is 6.27. The van der Waals surface area contributed by atoms with Gasteiger partial charge in [0.2, 0.25) is 11.2 Å². The first-order valence-electron chi connectivity index (χ1n) is 8.40. The van der Waals surface area contributed by atoms with Gasteiger partial charge in [-0.05, 0) is 32.9 Å². The number of carbonyl (C=O) groups is 1. The predicted molar refractivity (Wildman–Crippen MR) is 97.2 cm³/mol. The van der Waals surface area contributed by atoms with Crippen LogP contribution in [0.2, 0.25) is 0 Å². The molecular weight excluding hydrogens is 334 g/mol. The molecule has 0 radical (unpaired) electrons. The van der Waals surface area contributed by atoms with Crippen LogP contribution in [0, 0.1) is 6.92 Å². The predicted octanol–water partition coefficient (Wildman–Crippen LogP) is 2.57. The zero-order chi connectivity index (χ0) is 18.7. The molecule has 1 amide bonds. The van der Waals surface area contributed by atoms with Crippen LogP contribution in [0.3, 0.4) is 0 Å². The van der Waals surface area contributed by atoms with Crippen LogP contribution in [0.15, 0.2) is 45.8 Å². The Morgan fingerprint density at radius 1 is 1.35 bits per heavy atom. The molecule has 0 saturated heterocycles. The topological polar surface area (TPSA) is 86.4 Å². The monoisotopic (exact) mass is 355 g/mol. The van der Waals surface area contributed by atoms with Crippen molar-refractivity contribution in [2.45, 2.75) is 33.4 Å². The van der Waals surface area contributed by atoms with E-state index in [9.17, 15) is 9.59 Å². The molecule has 0 fully saturated rings. The number of para-hydroxylation sites is 2. The first-order valence-corrected chi connectivity index (χ1v) is 8.40. The van der Waals surface area contributed by atoms with Crippen LogP contribution < -0.4 is 15.5 Å². The molecule has 0 unspecified atom stereocenters. The second kappa shape index (κ2) is 7.43. The molecule has 0 aliphatic rings. The minimum Gasteiger partial charge on any atom is -0.477 e. The van der Waals surface area contributed by atoms with Crippen LogP contribution in [0.5, 0.6) is 5.75 Å².